The Bertz CT molecular complexity index is 633. The molecule has 0 saturated carbocycles. The van der Waals surface area contributed by atoms with Crippen LogP contribution in [0, 0.1) is 10.1 Å². The molecule has 8 heteroatoms. The molecule has 92 valence electrons. The second-order valence-electron chi connectivity index (χ2n) is 3.34. The highest BCUT2D eigenvalue weighted by atomic mass is 16.6. The van der Waals surface area contributed by atoms with Gasteiger partial charge in [0.05, 0.1) is 10.5 Å². The van der Waals surface area contributed by atoms with E-state index in [4.69, 9.17) is 5.11 Å². The van der Waals surface area contributed by atoms with Crippen LogP contribution in [0.1, 0.15) is 10.6 Å². The van der Waals surface area contributed by atoms with E-state index in [0.29, 0.717) is 0 Å². The molecule has 0 unspecified atom stereocenters. The molecule has 0 spiro atoms. The summed E-state index contributed by atoms with van der Waals surface area (Å²) in [5.41, 5.74) is -0.211. The molecule has 18 heavy (non-hydrogen) atoms. The molecule has 0 atom stereocenters. The van der Waals surface area contributed by atoms with Crippen molar-refractivity contribution in [2.75, 3.05) is 0 Å². The van der Waals surface area contributed by atoms with E-state index in [2.05, 4.69) is 9.68 Å². The zero-order valence-corrected chi connectivity index (χ0v) is 8.73. The van der Waals surface area contributed by atoms with E-state index in [-0.39, 0.29) is 22.7 Å². The molecule has 0 aliphatic carbocycles. The van der Waals surface area contributed by atoms with E-state index in [0.717, 1.165) is 24.3 Å². The van der Waals surface area contributed by atoms with Crippen LogP contribution in [0.25, 0.3) is 11.3 Å². The number of aromatic carboxylic acids is 1. The van der Waals surface area contributed by atoms with Gasteiger partial charge >= 0.3 is 5.97 Å². The molecule has 2 N–H and O–H groups in total. The standard InChI is InChI=1S/C10H6N2O6/c13-8-2-1-5(12(16)17)3-6(8)7-4-9(10(14)15)18-11-7/h1-4,13H,(H,14,15). The van der Waals surface area contributed by atoms with Crippen LogP contribution < -0.4 is 0 Å². The Balaban J connectivity index is 2.51. The van der Waals surface area contributed by atoms with Gasteiger partial charge < -0.3 is 14.7 Å². The third-order valence-electron chi connectivity index (χ3n) is 2.19. The third-order valence-corrected chi connectivity index (χ3v) is 2.19. The molecule has 1 aromatic carbocycles. The van der Waals surface area contributed by atoms with Gasteiger partial charge in [0.2, 0.25) is 5.76 Å². The molecule has 0 fully saturated rings. The van der Waals surface area contributed by atoms with Crippen molar-refractivity contribution in [3.05, 3.63) is 40.1 Å². The lowest BCUT2D eigenvalue weighted by atomic mass is 10.1. The summed E-state index contributed by atoms with van der Waals surface area (Å²) in [5, 5.41) is 32.2. The van der Waals surface area contributed by atoms with Gasteiger partial charge in [-0.05, 0) is 6.07 Å². The van der Waals surface area contributed by atoms with Crippen LogP contribution in [0.3, 0.4) is 0 Å². The summed E-state index contributed by atoms with van der Waals surface area (Å²) in [6.45, 7) is 0. The molecule has 1 aromatic heterocycles. The number of nitro benzene ring substituents is 1. The van der Waals surface area contributed by atoms with E-state index in [1.165, 1.54) is 0 Å². The number of carbonyl (C=O) groups is 1. The predicted molar refractivity (Wildman–Crippen MR) is 57.2 cm³/mol. The van der Waals surface area contributed by atoms with Crippen LogP contribution in [0.2, 0.25) is 0 Å². The number of non-ortho nitro benzene ring substituents is 1. The molecule has 0 aliphatic heterocycles. The average Bonchev–Trinajstić information content (AvgIpc) is 2.78. The van der Waals surface area contributed by atoms with Gasteiger partial charge in [-0.2, -0.15) is 0 Å². The molecule has 2 rings (SSSR count). The minimum Gasteiger partial charge on any atom is -0.507 e. The fourth-order valence-corrected chi connectivity index (χ4v) is 1.35. The van der Waals surface area contributed by atoms with Crippen molar-refractivity contribution < 1.29 is 24.5 Å². The van der Waals surface area contributed by atoms with Gasteiger partial charge in [0.15, 0.2) is 0 Å². The first-order valence-corrected chi connectivity index (χ1v) is 4.67. The Kier molecular flexibility index (Phi) is 2.68. The number of nitro groups is 1. The van der Waals surface area contributed by atoms with Crippen molar-refractivity contribution >= 4 is 11.7 Å². The molecular weight excluding hydrogens is 244 g/mol. The molecule has 2 aromatic rings. The van der Waals surface area contributed by atoms with Crippen LogP contribution in [0.15, 0.2) is 28.8 Å². The van der Waals surface area contributed by atoms with Crippen LogP contribution in [0.4, 0.5) is 5.69 Å². The summed E-state index contributed by atoms with van der Waals surface area (Å²) in [4.78, 5) is 20.6. The van der Waals surface area contributed by atoms with E-state index in [1.807, 2.05) is 0 Å². The fraction of sp³-hybridized carbons (Fsp3) is 0. The predicted octanol–water partition coefficient (Wildman–Crippen LogP) is 1.65. The van der Waals surface area contributed by atoms with Gasteiger partial charge in [-0.25, -0.2) is 4.79 Å². The van der Waals surface area contributed by atoms with Gasteiger partial charge in [-0.15, -0.1) is 0 Å². The van der Waals surface area contributed by atoms with Crippen molar-refractivity contribution in [3.8, 4) is 17.0 Å². The number of rotatable bonds is 3. The number of benzene rings is 1. The topological polar surface area (TPSA) is 127 Å². The fourth-order valence-electron chi connectivity index (χ4n) is 1.35. The smallest absolute Gasteiger partial charge is 0.374 e. The summed E-state index contributed by atoms with van der Waals surface area (Å²) in [6, 6.07) is 4.40. The number of phenols is 1. The van der Waals surface area contributed by atoms with Crippen molar-refractivity contribution in [3.63, 3.8) is 0 Å². The molecule has 0 saturated heterocycles. The van der Waals surface area contributed by atoms with Crippen molar-refractivity contribution in [1.29, 1.82) is 0 Å². The summed E-state index contributed by atoms with van der Waals surface area (Å²) >= 11 is 0. The van der Waals surface area contributed by atoms with E-state index < -0.39 is 16.7 Å². The molecule has 8 nitrogen and oxygen atoms in total. The second-order valence-corrected chi connectivity index (χ2v) is 3.34. The highest BCUT2D eigenvalue weighted by Gasteiger charge is 2.17. The highest BCUT2D eigenvalue weighted by Crippen LogP contribution is 2.32. The average molecular weight is 250 g/mol. The van der Waals surface area contributed by atoms with Gasteiger partial charge in [-0.1, -0.05) is 5.16 Å². The Morgan fingerprint density at radius 3 is 2.67 bits per heavy atom. The maximum Gasteiger partial charge on any atom is 0.374 e. The molecule has 1 heterocycles. The molecule has 0 aliphatic rings. The highest BCUT2D eigenvalue weighted by molar-refractivity contribution is 5.86. The molecular formula is C10H6N2O6. The Labute approximate surface area is 99.2 Å². The first kappa shape index (κ1) is 11.6. The number of hydrogen-bond acceptors (Lipinski definition) is 6. The zero-order chi connectivity index (χ0) is 13.3. The molecule has 0 bridgehead atoms. The Morgan fingerprint density at radius 1 is 1.39 bits per heavy atom. The number of phenolic OH excluding ortho intramolecular Hbond substituents is 1. The number of nitrogens with zero attached hydrogens (tertiary/aromatic N) is 2. The first-order chi connectivity index (χ1) is 8.49. The lowest BCUT2D eigenvalue weighted by molar-refractivity contribution is -0.384. The van der Waals surface area contributed by atoms with Crippen LogP contribution >= 0.6 is 0 Å². The summed E-state index contributed by atoms with van der Waals surface area (Å²) in [6.07, 6.45) is 0. The minimum absolute atomic E-state index is 0.00796. The van der Waals surface area contributed by atoms with Gasteiger partial charge in [0.1, 0.15) is 11.4 Å². The number of aromatic nitrogens is 1. The van der Waals surface area contributed by atoms with Gasteiger partial charge in [0, 0.05) is 18.2 Å². The number of hydrogen-bond donors (Lipinski definition) is 2. The summed E-state index contributed by atoms with van der Waals surface area (Å²) < 4.78 is 4.51. The molecule has 0 amide bonds. The Morgan fingerprint density at radius 2 is 2.11 bits per heavy atom. The van der Waals surface area contributed by atoms with Crippen LogP contribution in [-0.4, -0.2) is 26.3 Å². The van der Waals surface area contributed by atoms with E-state index in [1.54, 1.807) is 0 Å². The summed E-state index contributed by atoms with van der Waals surface area (Å²) in [7, 11) is 0. The SMILES string of the molecule is O=C(O)c1cc(-c2cc([N+](=O)[O-])ccc2O)no1. The number of carboxylic acids is 1. The van der Waals surface area contributed by atoms with Gasteiger partial charge in [-0.3, -0.25) is 10.1 Å². The molecule has 0 radical (unpaired) electrons. The maximum atomic E-state index is 10.6. The van der Waals surface area contributed by atoms with Gasteiger partial charge in [0.25, 0.3) is 5.69 Å². The second kappa shape index (κ2) is 4.17. The lowest BCUT2D eigenvalue weighted by Gasteiger charge is -1.99. The normalized spacial score (nSPS) is 10.2. The monoisotopic (exact) mass is 250 g/mol. The largest absolute Gasteiger partial charge is 0.507 e. The van der Waals surface area contributed by atoms with Crippen LogP contribution in [0.5, 0.6) is 5.75 Å². The number of carboxylic acid groups (broad SMARTS) is 1. The van der Waals surface area contributed by atoms with Crippen molar-refractivity contribution in [2.24, 2.45) is 0 Å². The zero-order valence-electron chi connectivity index (χ0n) is 8.73. The lowest BCUT2D eigenvalue weighted by Crippen LogP contribution is -1.91. The van der Waals surface area contributed by atoms with Crippen LogP contribution in [-0.2, 0) is 0 Å². The van der Waals surface area contributed by atoms with E-state index >= 15 is 0 Å². The third kappa shape index (κ3) is 1.98. The van der Waals surface area contributed by atoms with Crippen molar-refractivity contribution in [2.45, 2.75) is 0 Å². The minimum atomic E-state index is -1.32. The van der Waals surface area contributed by atoms with E-state index in [9.17, 15) is 20.0 Å². The number of aromatic hydroxyl groups is 1. The first-order valence-electron chi connectivity index (χ1n) is 4.67. The quantitative estimate of drug-likeness (QED) is 0.626. The Hall–Kier alpha value is -2.90. The summed E-state index contributed by atoms with van der Waals surface area (Å²) in [5.74, 6) is -2.00. The maximum absolute atomic E-state index is 10.6. The van der Waals surface area contributed by atoms with Crippen molar-refractivity contribution in [1.82, 2.24) is 5.16 Å².